The number of aromatic nitrogens is 2. The van der Waals surface area contributed by atoms with Gasteiger partial charge in [-0.1, -0.05) is 44.7 Å². The zero-order valence-electron chi connectivity index (χ0n) is 17.3. The maximum absolute atomic E-state index is 12.7. The van der Waals surface area contributed by atoms with Gasteiger partial charge in [0.2, 0.25) is 0 Å². The minimum atomic E-state index is -1.06. The molecule has 0 N–H and O–H groups in total. The van der Waals surface area contributed by atoms with Gasteiger partial charge in [-0.25, -0.2) is 9.97 Å². The lowest BCUT2D eigenvalue weighted by Gasteiger charge is -2.29. The second kappa shape index (κ2) is 10.8. The zero-order chi connectivity index (χ0) is 20.5. The smallest absolute Gasteiger partial charge is 0.329 e. The minimum Gasteiger partial charge on any atom is -0.464 e. The molecule has 1 aliphatic heterocycles. The van der Waals surface area contributed by atoms with Crippen LogP contribution in [0.15, 0.2) is 24.3 Å². The topological polar surface area (TPSA) is 79.1 Å². The summed E-state index contributed by atoms with van der Waals surface area (Å²) in [6.07, 6.45) is 8.72. The van der Waals surface area contributed by atoms with Crippen LogP contribution in [0.5, 0.6) is 0 Å². The van der Waals surface area contributed by atoms with Gasteiger partial charge >= 0.3 is 5.97 Å². The van der Waals surface area contributed by atoms with Crippen LogP contribution in [0.2, 0.25) is 0 Å². The predicted octanol–water partition coefficient (Wildman–Crippen LogP) is 4.74. The molecule has 0 aliphatic carbocycles. The number of piperidine rings is 1. The van der Waals surface area contributed by atoms with Crippen LogP contribution < -0.4 is 4.90 Å². The fourth-order valence-electron chi connectivity index (χ4n) is 3.72. The van der Waals surface area contributed by atoms with Crippen LogP contribution in [0.4, 0.5) is 5.82 Å². The van der Waals surface area contributed by atoms with E-state index in [-0.39, 0.29) is 0 Å². The SMILES string of the molecule is CCCCCCCOC(=O)[C@@H](C#N)c1nc2ccccc2nc1N1CCCCC1. The Labute approximate surface area is 172 Å². The highest BCUT2D eigenvalue weighted by molar-refractivity contribution is 5.85. The number of fused-ring (bicyclic) bond motifs is 1. The Morgan fingerprint density at radius 2 is 1.79 bits per heavy atom. The van der Waals surface area contributed by atoms with Crippen LogP contribution in [-0.2, 0) is 9.53 Å². The molecule has 0 spiro atoms. The number of hydrogen-bond acceptors (Lipinski definition) is 6. The minimum absolute atomic E-state index is 0.348. The monoisotopic (exact) mass is 394 g/mol. The zero-order valence-corrected chi connectivity index (χ0v) is 17.3. The molecule has 2 aromatic rings. The average molecular weight is 395 g/mol. The Balaban J connectivity index is 1.80. The van der Waals surface area contributed by atoms with E-state index in [0.717, 1.165) is 50.7 Å². The van der Waals surface area contributed by atoms with E-state index in [4.69, 9.17) is 9.72 Å². The highest BCUT2D eigenvalue weighted by Crippen LogP contribution is 2.29. The number of para-hydroxylation sites is 2. The second-order valence-corrected chi connectivity index (χ2v) is 7.61. The van der Waals surface area contributed by atoms with Crippen molar-refractivity contribution >= 4 is 22.8 Å². The first-order chi connectivity index (χ1) is 14.2. The third kappa shape index (κ3) is 5.44. The number of rotatable bonds is 9. The van der Waals surface area contributed by atoms with Gasteiger partial charge in [0.15, 0.2) is 11.7 Å². The van der Waals surface area contributed by atoms with Gasteiger partial charge in [0, 0.05) is 13.1 Å². The number of ether oxygens (including phenoxy) is 1. The van der Waals surface area contributed by atoms with Gasteiger partial charge in [0.25, 0.3) is 0 Å². The largest absolute Gasteiger partial charge is 0.464 e. The van der Waals surface area contributed by atoms with Crippen molar-refractivity contribution in [1.29, 1.82) is 5.26 Å². The van der Waals surface area contributed by atoms with E-state index in [1.165, 1.54) is 19.3 Å². The second-order valence-electron chi connectivity index (χ2n) is 7.61. The molecule has 1 fully saturated rings. The third-order valence-electron chi connectivity index (χ3n) is 5.36. The van der Waals surface area contributed by atoms with Gasteiger partial charge in [0.05, 0.1) is 23.7 Å². The number of esters is 1. The molecule has 1 aromatic carbocycles. The van der Waals surface area contributed by atoms with Crippen molar-refractivity contribution in [3.63, 3.8) is 0 Å². The summed E-state index contributed by atoms with van der Waals surface area (Å²) in [6.45, 7) is 4.25. The summed E-state index contributed by atoms with van der Waals surface area (Å²) >= 11 is 0. The summed E-state index contributed by atoms with van der Waals surface area (Å²) in [5.41, 5.74) is 1.89. The van der Waals surface area contributed by atoms with Crippen LogP contribution in [0.3, 0.4) is 0 Å². The Morgan fingerprint density at radius 3 is 2.48 bits per heavy atom. The van der Waals surface area contributed by atoms with Gasteiger partial charge in [-0.2, -0.15) is 5.26 Å². The first-order valence-corrected chi connectivity index (χ1v) is 10.8. The fraction of sp³-hybridized carbons (Fsp3) is 0.565. The number of unbranched alkanes of at least 4 members (excludes halogenated alkanes) is 4. The molecule has 6 nitrogen and oxygen atoms in total. The van der Waals surface area contributed by atoms with Crippen molar-refractivity contribution in [2.24, 2.45) is 0 Å². The molecular formula is C23H30N4O2. The Hall–Kier alpha value is -2.68. The Bertz CT molecular complexity index is 856. The predicted molar refractivity (Wildman–Crippen MR) is 114 cm³/mol. The van der Waals surface area contributed by atoms with E-state index in [1.807, 2.05) is 24.3 Å². The lowest BCUT2D eigenvalue weighted by atomic mass is 10.0. The molecule has 0 amide bonds. The molecule has 1 aromatic heterocycles. The lowest BCUT2D eigenvalue weighted by molar-refractivity contribution is -0.144. The summed E-state index contributed by atoms with van der Waals surface area (Å²) in [6, 6.07) is 9.70. The van der Waals surface area contributed by atoms with Crippen LogP contribution >= 0.6 is 0 Å². The first kappa shape index (κ1) is 21.0. The molecule has 29 heavy (non-hydrogen) atoms. The molecule has 0 radical (unpaired) electrons. The Kier molecular flexibility index (Phi) is 7.80. The van der Waals surface area contributed by atoms with Crippen molar-refractivity contribution in [3.05, 3.63) is 30.0 Å². The standard InChI is InChI=1S/C23H30N4O2/c1-2-3-4-5-11-16-29-23(28)18(17-24)21-22(27-14-9-6-10-15-27)26-20-13-8-7-12-19(20)25-21/h7-8,12-13,18H,2-6,9-11,14-16H2,1H3/t18-/m0/s1. The van der Waals surface area contributed by atoms with Gasteiger partial charge in [0.1, 0.15) is 5.69 Å². The van der Waals surface area contributed by atoms with Crippen molar-refractivity contribution in [2.75, 3.05) is 24.6 Å². The number of hydrogen-bond donors (Lipinski definition) is 0. The first-order valence-electron chi connectivity index (χ1n) is 10.8. The highest BCUT2D eigenvalue weighted by Gasteiger charge is 2.30. The summed E-state index contributed by atoms with van der Waals surface area (Å²) in [7, 11) is 0. The van der Waals surface area contributed by atoms with Gasteiger partial charge in [-0.3, -0.25) is 4.79 Å². The van der Waals surface area contributed by atoms with Crippen LogP contribution in [0, 0.1) is 11.3 Å². The normalized spacial score (nSPS) is 15.1. The molecule has 1 atom stereocenters. The average Bonchev–Trinajstić information content (AvgIpc) is 2.77. The third-order valence-corrected chi connectivity index (χ3v) is 5.36. The molecule has 6 heteroatoms. The molecule has 1 aliphatic rings. The van der Waals surface area contributed by atoms with Crippen molar-refractivity contribution in [2.45, 2.75) is 64.2 Å². The summed E-state index contributed by atoms with van der Waals surface area (Å²) in [5, 5.41) is 9.78. The molecule has 0 unspecified atom stereocenters. The number of benzene rings is 1. The molecule has 2 heterocycles. The van der Waals surface area contributed by atoms with Crippen molar-refractivity contribution in [3.8, 4) is 6.07 Å². The van der Waals surface area contributed by atoms with E-state index < -0.39 is 11.9 Å². The number of carbonyl (C=O) groups excluding carboxylic acids is 1. The van der Waals surface area contributed by atoms with Crippen LogP contribution in [-0.4, -0.2) is 35.6 Å². The summed E-state index contributed by atoms with van der Waals surface area (Å²) in [4.78, 5) is 24.3. The number of carbonyl (C=O) groups is 1. The van der Waals surface area contributed by atoms with Gasteiger partial charge in [-0.15, -0.1) is 0 Å². The molecule has 0 saturated carbocycles. The maximum Gasteiger partial charge on any atom is 0.329 e. The quantitative estimate of drug-likeness (QED) is 0.451. The van der Waals surface area contributed by atoms with E-state index in [0.29, 0.717) is 23.6 Å². The summed E-state index contributed by atoms with van der Waals surface area (Å²) in [5.74, 6) is -0.930. The fourth-order valence-corrected chi connectivity index (χ4v) is 3.72. The molecule has 3 rings (SSSR count). The van der Waals surface area contributed by atoms with E-state index in [1.54, 1.807) is 0 Å². The van der Waals surface area contributed by atoms with Gasteiger partial charge < -0.3 is 9.64 Å². The lowest BCUT2D eigenvalue weighted by Crippen LogP contribution is -2.32. The van der Waals surface area contributed by atoms with E-state index in [2.05, 4.69) is 22.9 Å². The Morgan fingerprint density at radius 1 is 1.10 bits per heavy atom. The van der Waals surface area contributed by atoms with Crippen LogP contribution in [0.1, 0.15) is 69.9 Å². The number of nitrogens with zero attached hydrogens (tertiary/aromatic N) is 4. The van der Waals surface area contributed by atoms with Crippen molar-refractivity contribution < 1.29 is 9.53 Å². The molecule has 154 valence electrons. The van der Waals surface area contributed by atoms with Crippen molar-refractivity contribution in [1.82, 2.24) is 9.97 Å². The van der Waals surface area contributed by atoms with Crippen LogP contribution in [0.25, 0.3) is 11.0 Å². The molecule has 0 bridgehead atoms. The van der Waals surface area contributed by atoms with E-state index >= 15 is 0 Å². The molecular weight excluding hydrogens is 364 g/mol. The highest BCUT2D eigenvalue weighted by atomic mass is 16.5. The molecule has 1 saturated heterocycles. The number of nitriles is 1. The summed E-state index contributed by atoms with van der Waals surface area (Å²) < 4.78 is 5.44. The van der Waals surface area contributed by atoms with E-state index in [9.17, 15) is 10.1 Å². The maximum atomic E-state index is 12.7. The number of anilines is 1. The van der Waals surface area contributed by atoms with Gasteiger partial charge in [-0.05, 0) is 37.8 Å².